The van der Waals surface area contributed by atoms with Crippen LogP contribution in [-0.2, 0) is 19.6 Å². The van der Waals surface area contributed by atoms with Crippen LogP contribution in [0.1, 0.15) is 44.5 Å². The third kappa shape index (κ3) is 7.90. The maximum absolute atomic E-state index is 12.0. The predicted molar refractivity (Wildman–Crippen MR) is 87.6 cm³/mol. The topological polar surface area (TPSA) is 89.5 Å². The maximum atomic E-state index is 12.0. The minimum atomic E-state index is -3.86. The number of esters is 1. The van der Waals surface area contributed by atoms with Crippen LogP contribution in [0.3, 0.4) is 0 Å². The first-order valence-electron chi connectivity index (χ1n) is 7.28. The quantitative estimate of drug-likeness (QED) is 0.604. The lowest BCUT2D eigenvalue weighted by atomic mass is 10.1. The zero-order valence-corrected chi connectivity index (χ0v) is 14.6. The summed E-state index contributed by atoms with van der Waals surface area (Å²) in [4.78, 5) is 23.6. The molecule has 1 rings (SSSR count). The molecular weight excluding hydrogens is 318 g/mol. The minimum Gasteiger partial charge on any atom is -0.459 e. The summed E-state index contributed by atoms with van der Waals surface area (Å²) < 4.78 is 31.2. The van der Waals surface area contributed by atoms with Crippen LogP contribution in [0.5, 0.6) is 0 Å². The second-order valence-corrected chi connectivity index (χ2v) is 8.11. The molecule has 6 nitrogen and oxygen atoms in total. The zero-order chi connectivity index (χ0) is 17.7. The Hall–Kier alpha value is -1.73. The van der Waals surface area contributed by atoms with Crippen LogP contribution < -0.4 is 4.72 Å². The lowest BCUT2D eigenvalue weighted by molar-refractivity contribution is -0.151. The second kappa shape index (κ2) is 7.70. The van der Waals surface area contributed by atoms with E-state index in [1.54, 1.807) is 58.0 Å². The van der Waals surface area contributed by atoms with Gasteiger partial charge in [-0.2, -0.15) is 0 Å². The van der Waals surface area contributed by atoms with Crippen LogP contribution >= 0.6 is 0 Å². The number of benzene rings is 1. The van der Waals surface area contributed by atoms with Gasteiger partial charge in [-0.3, -0.25) is 9.59 Å². The van der Waals surface area contributed by atoms with Crippen molar-refractivity contribution >= 4 is 21.8 Å². The summed E-state index contributed by atoms with van der Waals surface area (Å²) in [5, 5.41) is 0. The van der Waals surface area contributed by atoms with Crippen molar-refractivity contribution in [1.82, 2.24) is 4.72 Å². The Morgan fingerprint density at radius 3 is 2.26 bits per heavy atom. The molecule has 7 heteroatoms. The summed E-state index contributed by atoms with van der Waals surface area (Å²) in [6.07, 6.45) is 0.0115. The van der Waals surface area contributed by atoms with Crippen LogP contribution in [0.4, 0.5) is 0 Å². The Labute approximate surface area is 137 Å². The summed E-state index contributed by atoms with van der Waals surface area (Å²) in [7, 11) is -3.86. The molecule has 0 aliphatic heterocycles. The number of ketones is 1. The third-order valence-corrected chi connectivity index (χ3v) is 4.07. The standard InChI is InChI=1S/C16H23NO5S/c1-12(10-14(18)13-8-6-5-7-9-13)17-23(20,21)11-15(19)22-16(2,3)4/h5-9,12,17H,10-11H2,1-4H3. The number of nitrogens with one attached hydrogen (secondary N) is 1. The van der Waals surface area contributed by atoms with Gasteiger partial charge in [0.2, 0.25) is 10.0 Å². The van der Waals surface area contributed by atoms with E-state index in [-0.39, 0.29) is 12.2 Å². The Morgan fingerprint density at radius 2 is 1.74 bits per heavy atom. The highest BCUT2D eigenvalue weighted by Gasteiger charge is 2.24. The average molecular weight is 341 g/mol. The van der Waals surface area contributed by atoms with Crippen molar-refractivity contribution in [2.45, 2.75) is 45.8 Å². The number of sulfonamides is 1. The normalized spacial score (nSPS) is 13.4. The monoisotopic (exact) mass is 341 g/mol. The highest BCUT2D eigenvalue weighted by molar-refractivity contribution is 7.90. The van der Waals surface area contributed by atoms with E-state index in [2.05, 4.69) is 4.72 Å². The van der Waals surface area contributed by atoms with Crippen LogP contribution in [0, 0.1) is 0 Å². The molecule has 0 fully saturated rings. The van der Waals surface area contributed by atoms with Crippen molar-refractivity contribution in [1.29, 1.82) is 0 Å². The van der Waals surface area contributed by atoms with Crippen molar-refractivity contribution in [2.75, 3.05) is 5.75 Å². The molecule has 0 bridgehead atoms. The molecule has 0 aliphatic rings. The minimum absolute atomic E-state index is 0.0115. The molecule has 0 radical (unpaired) electrons. The Bertz CT molecular complexity index is 647. The van der Waals surface area contributed by atoms with Gasteiger partial charge in [0.15, 0.2) is 11.5 Å². The summed E-state index contributed by atoms with van der Waals surface area (Å²) in [6.45, 7) is 6.55. The zero-order valence-electron chi connectivity index (χ0n) is 13.8. The molecule has 0 spiro atoms. The van der Waals surface area contributed by atoms with E-state index in [0.29, 0.717) is 5.56 Å². The first kappa shape index (κ1) is 19.3. The first-order chi connectivity index (χ1) is 10.5. The first-order valence-corrected chi connectivity index (χ1v) is 8.94. The molecular formula is C16H23NO5S. The molecule has 1 unspecified atom stereocenters. The molecule has 23 heavy (non-hydrogen) atoms. The summed E-state index contributed by atoms with van der Waals surface area (Å²) >= 11 is 0. The summed E-state index contributed by atoms with van der Waals surface area (Å²) in [5.41, 5.74) is -0.229. The fraction of sp³-hybridized carbons (Fsp3) is 0.500. The van der Waals surface area contributed by atoms with E-state index in [9.17, 15) is 18.0 Å². The smallest absolute Gasteiger partial charge is 0.323 e. The number of carbonyl (C=O) groups is 2. The number of hydrogen-bond acceptors (Lipinski definition) is 5. The van der Waals surface area contributed by atoms with E-state index in [4.69, 9.17) is 4.74 Å². The number of Topliss-reactive ketones (excluding diaryl/α,β-unsaturated/α-hetero) is 1. The maximum Gasteiger partial charge on any atom is 0.323 e. The van der Waals surface area contributed by atoms with Crippen molar-refractivity contribution in [2.24, 2.45) is 0 Å². The van der Waals surface area contributed by atoms with Crippen LogP contribution in [0.25, 0.3) is 0 Å². The molecule has 0 saturated heterocycles. The number of hydrogen-bond donors (Lipinski definition) is 1. The van der Waals surface area contributed by atoms with Gasteiger partial charge in [-0.15, -0.1) is 0 Å². The van der Waals surface area contributed by atoms with Crippen molar-refractivity contribution in [3.05, 3.63) is 35.9 Å². The number of rotatable bonds is 7. The van der Waals surface area contributed by atoms with Crippen molar-refractivity contribution in [3.63, 3.8) is 0 Å². The Morgan fingerprint density at radius 1 is 1.17 bits per heavy atom. The van der Waals surface area contributed by atoms with Gasteiger partial charge in [0, 0.05) is 18.0 Å². The highest BCUT2D eigenvalue weighted by atomic mass is 32.2. The third-order valence-electron chi connectivity index (χ3n) is 2.70. The number of carbonyl (C=O) groups excluding carboxylic acids is 2. The van der Waals surface area contributed by atoms with Gasteiger partial charge in [-0.25, -0.2) is 13.1 Å². The molecule has 0 aliphatic carbocycles. The molecule has 1 aromatic carbocycles. The number of ether oxygens (including phenoxy) is 1. The molecule has 1 atom stereocenters. The van der Waals surface area contributed by atoms with Gasteiger partial charge in [-0.05, 0) is 27.7 Å². The fourth-order valence-corrected chi connectivity index (χ4v) is 3.08. The van der Waals surface area contributed by atoms with E-state index in [0.717, 1.165) is 0 Å². The molecule has 0 aromatic heterocycles. The van der Waals surface area contributed by atoms with Crippen molar-refractivity contribution < 1.29 is 22.7 Å². The average Bonchev–Trinajstić information content (AvgIpc) is 2.35. The van der Waals surface area contributed by atoms with E-state index in [1.165, 1.54) is 0 Å². The molecule has 1 aromatic rings. The highest BCUT2D eigenvalue weighted by Crippen LogP contribution is 2.09. The Kier molecular flexibility index (Phi) is 6.47. The molecule has 0 amide bonds. The Balaban J connectivity index is 2.57. The van der Waals surface area contributed by atoms with E-state index >= 15 is 0 Å². The van der Waals surface area contributed by atoms with Crippen molar-refractivity contribution in [3.8, 4) is 0 Å². The fourth-order valence-electron chi connectivity index (χ4n) is 1.94. The lowest BCUT2D eigenvalue weighted by Crippen LogP contribution is -2.39. The van der Waals surface area contributed by atoms with Crippen LogP contribution in [-0.4, -0.2) is 37.6 Å². The van der Waals surface area contributed by atoms with Crippen LogP contribution in [0.15, 0.2) is 30.3 Å². The van der Waals surface area contributed by atoms with Gasteiger partial charge in [0.25, 0.3) is 0 Å². The molecule has 128 valence electrons. The van der Waals surface area contributed by atoms with Gasteiger partial charge < -0.3 is 4.74 Å². The predicted octanol–water partition coefficient (Wildman–Crippen LogP) is 1.91. The van der Waals surface area contributed by atoms with Gasteiger partial charge in [0.05, 0.1) is 0 Å². The molecule has 0 saturated carbocycles. The summed E-state index contributed by atoms with van der Waals surface area (Å²) in [6, 6.07) is 8.00. The second-order valence-electron chi connectivity index (χ2n) is 6.36. The molecule has 1 N–H and O–H groups in total. The summed E-state index contributed by atoms with van der Waals surface area (Å²) in [5.74, 6) is -1.77. The SMILES string of the molecule is CC(CC(=O)c1ccccc1)NS(=O)(=O)CC(=O)OC(C)(C)C. The van der Waals surface area contributed by atoms with E-state index in [1.807, 2.05) is 0 Å². The molecule has 0 heterocycles. The lowest BCUT2D eigenvalue weighted by Gasteiger charge is -2.20. The van der Waals surface area contributed by atoms with Gasteiger partial charge >= 0.3 is 5.97 Å². The van der Waals surface area contributed by atoms with E-state index < -0.39 is 33.4 Å². The van der Waals surface area contributed by atoms with Gasteiger partial charge in [-0.1, -0.05) is 30.3 Å². The largest absolute Gasteiger partial charge is 0.459 e. The van der Waals surface area contributed by atoms with Crippen LogP contribution in [0.2, 0.25) is 0 Å². The van der Waals surface area contributed by atoms with Gasteiger partial charge in [0.1, 0.15) is 5.60 Å².